The van der Waals surface area contributed by atoms with Crippen molar-refractivity contribution in [2.24, 2.45) is 0 Å². The Bertz CT molecular complexity index is 235. The van der Waals surface area contributed by atoms with E-state index in [0.717, 1.165) is 0 Å². The molecule has 0 aromatic carbocycles. The SMILES string of the molecule is COC(=O)CN(C)C(=O)CSC(C)(C)C. The van der Waals surface area contributed by atoms with Crippen LogP contribution in [-0.2, 0) is 14.3 Å². The topological polar surface area (TPSA) is 46.6 Å². The van der Waals surface area contributed by atoms with Crippen molar-refractivity contribution in [1.29, 1.82) is 0 Å². The standard InChI is InChI=1S/C10H19NO3S/c1-10(2,3)15-7-8(12)11(4)6-9(13)14-5/h6-7H2,1-5H3. The monoisotopic (exact) mass is 233 g/mol. The van der Waals surface area contributed by atoms with Gasteiger partial charge < -0.3 is 9.64 Å². The summed E-state index contributed by atoms with van der Waals surface area (Å²) in [4.78, 5) is 23.8. The van der Waals surface area contributed by atoms with E-state index in [4.69, 9.17) is 0 Å². The van der Waals surface area contributed by atoms with Crippen LogP contribution in [0.25, 0.3) is 0 Å². The summed E-state index contributed by atoms with van der Waals surface area (Å²) in [7, 11) is 2.91. The van der Waals surface area contributed by atoms with E-state index in [1.54, 1.807) is 18.8 Å². The highest BCUT2D eigenvalue weighted by Gasteiger charge is 2.17. The molecule has 0 aliphatic carbocycles. The molecule has 0 N–H and O–H groups in total. The van der Waals surface area contributed by atoms with E-state index >= 15 is 0 Å². The number of rotatable bonds is 4. The number of thioether (sulfide) groups is 1. The van der Waals surface area contributed by atoms with Crippen LogP contribution in [0, 0.1) is 0 Å². The van der Waals surface area contributed by atoms with Crippen molar-refractivity contribution in [3.63, 3.8) is 0 Å². The van der Waals surface area contributed by atoms with Crippen molar-refractivity contribution < 1.29 is 14.3 Å². The largest absolute Gasteiger partial charge is 0.468 e. The molecule has 0 saturated heterocycles. The fourth-order valence-electron chi connectivity index (χ4n) is 0.735. The molecule has 0 fully saturated rings. The van der Waals surface area contributed by atoms with Crippen molar-refractivity contribution in [1.82, 2.24) is 4.90 Å². The zero-order valence-corrected chi connectivity index (χ0v) is 10.8. The van der Waals surface area contributed by atoms with Gasteiger partial charge in [0.05, 0.1) is 12.9 Å². The van der Waals surface area contributed by atoms with Crippen LogP contribution >= 0.6 is 11.8 Å². The summed E-state index contributed by atoms with van der Waals surface area (Å²) >= 11 is 1.56. The minimum absolute atomic E-state index is 0.0139. The Morgan fingerprint density at radius 2 is 1.87 bits per heavy atom. The molecule has 5 heteroatoms. The molecule has 0 aromatic rings. The number of nitrogens with zero attached hydrogens (tertiary/aromatic N) is 1. The molecule has 0 spiro atoms. The minimum atomic E-state index is -0.397. The maximum absolute atomic E-state index is 11.5. The van der Waals surface area contributed by atoms with Gasteiger partial charge in [-0.05, 0) is 0 Å². The van der Waals surface area contributed by atoms with Gasteiger partial charge in [0.15, 0.2) is 0 Å². The zero-order chi connectivity index (χ0) is 12.1. The fraction of sp³-hybridized carbons (Fsp3) is 0.800. The van der Waals surface area contributed by atoms with Gasteiger partial charge in [-0.3, -0.25) is 9.59 Å². The van der Waals surface area contributed by atoms with Crippen LogP contribution in [0.3, 0.4) is 0 Å². The zero-order valence-electron chi connectivity index (χ0n) is 9.99. The van der Waals surface area contributed by atoms with E-state index in [2.05, 4.69) is 4.74 Å². The van der Waals surface area contributed by atoms with Crippen LogP contribution in [0.4, 0.5) is 0 Å². The highest BCUT2D eigenvalue weighted by atomic mass is 32.2. The van der Waals surface area contributed by atoms with E-state index in [1.165, 1.54) is 12.0 Å². The lowest BCUT2D eigenvalue weighted by molar-refractivity contribution is -0.145. The van der Waals surface area contributed by atoms with E-state index in [-0.39, 0.29) is 17.2 Å². The quantitative estimate of drug-likeness (QED) is 0.683. The number of carbonyl (C=O) groups is 2. The first-order valence-electron chi connectivity index (χ1n) is 4.71. The Balaban J connectivity index is 3.95. The van der Waals surface area contributed by atoms with E-state index in [9.17, 15) is 9.59 Å². The third kappa shape index (κ3) is 7.25. The molecule has 4 nitrogen and oxygen atoms in total. The maximum atomic E-state index is 11.5. The number of likely N-dealkylation sites (N-methyl/N-ethyl adjacent to an activating group) is 1. The van der Waals surface area contributed by atoms with Gasteiger partial charge >= 0.3 is 5.97 Å². The van der Waals surface area contributed by atoms with Crippen molar-refractivity contribution in [2.75, 3.05) is 26.5 Å². The minimum Gasteiger partial charge on any atom is -0.468 e. The molecule has 0 unspecified atom stereocenters. The Morgan fingerprint density at radius 3 is 2.27 bits per heavy atom. The van der Waals surface area contributed by atoms with Crippen LogP contribution in [0.5, 0.6) is 0 Å². The third-order valence-electron chi connectivity index (χ3n) is 1.65. The number of hydrogen-bond donors (Lipinski definition) is 0. The number of ether oxygens (including phenoxy) is 1. The van der Waals surface area contributed by atoms with Gasteiger partial charge in [-0.1, -0.05) is 20.8 Å². The summed E-state index contributed by atoms with van der Waals surface area (Å²) in [5.41, 5.74) is 0. The Kier molecular flexibility index (Phi) is 5.72. The van der Waals surface area contributed by atoms with Gasteiger partial charge in [0.25, 0.3) is 0 Å². The summed E-state index contributed by atoms with van der Waals surface area (Å²) in [5, 5.41) is 0. The summed E-state index contributed by atoms with van der Waals surface area (Å²) in [5.74, 6) is -0.0660. The second kappa shape index (κ2) is 6.00. The molecule has 0 heterocycles. The van der Waals surface area contributed by atoms with Crippen molar-refractivity contribution in [3.05, 3.63) is 0 Å². The smallest absolute Gasteiger partial charge is 0.325 e. The first-order valence-corrected chi connectivity index (χ1v) is 5.69. The van der Waals surface area contributed by atoms with Gasteiger partial charge in [0, 0.05) is 11.8 Å². The first-order chi connectivity index (χ1) is 6.76. The molecule has 0 rings (SSSR count). The van der Waals surface area contributed by atoms with Gasteiger partial charge in [0.2, 0.25) is 5.91 Å². The Morgan fingerprint density at radius 1 is 1.33 bits per heavy atom. The van der Waals surface area contributed by atoms with Crippen LogP contribution in [-0.4, -0.2) is 48.0 Å². The Hall–Kier alpha value is -0.710. The van der Waals surface area contributed by atoms with Gasteiger partial charge in [-0.25, -0.2) is 0 Å². The predicted octanol–water partition coefficient (Wildman–Crippen LogP) is 1.15. The number of amides is 1. The third-order valence-corrected chi connectivity index (χ3v) is 2.91. The summed E-state index contributed by atoms with van der Waals surface area (Å²) in [6.07, 6.45) is 0. The normalized spacial score (nSPS) is 11.0. The molecule has 0 bridgehead atoms. The highest BCUT2D eigenvalue weighted by Crippen LogP contribution is 2.22. The maximum Gasteiger partial charge on any atom is 0.325 e. The second-order valence-corrected chi connectivity index (χ2v) is 6.03. The average molecular weight is 233 g/mol. The van der Waals surface area contributed by atoms with Crippen LogP contribution in [0.1, 0.15) is 20.8 Å². The molecule has 88 valence electrons. The lowest BCUT2D eigenvalue weighted by atomic mass is 10.3. The summed E-state index contributed by atoms with van der Waals surface area (Å²) in [6, 6.07) is 0. The van der Waals surface area contributed by atoms with Crippen LogP contribution in [0.2, 0.25) is 0 Å². The Labute approximate surface area is 95.3 Å². The molecular formula is C10H19NO3S. The fourth-order valence-corrected chi connectivity index (χ4v) is 1.51. The molecular weight excluding hydrogens is 214 g/mol. The van der Waals surface area contributed by atoms with E-state index in [0.29, 0.717) is 5.75 Å². The number of hydrogen-bond acceptors (Lipinski definition) is 4. The predicted molar refractivity (Wildman–Crippen MR) is 61.9 cm³/mol. The highest BCUT2D eigenvalue weighted by molar-refractivity contribution is 8.01. The van der Waals surface area contributed by atoms with Crippen LogP contribution < -0.4 is 0 Å². The lowest BCUT2D eigenvalue weighted by Crippen LogP contribution is -2.34. The van der Waals surface area contributed by atoms with Crippen molar-refractivity contribution in [2.45, 2.75) is 25.5 Å². The van der Waals surface area contributed by atoms with E-state index < -0.39 is 5.97 Å². The van der Waals surface area contributed by atoms with Gasteiger partial charge in [-0.15, -0.1) is 11.8 Å². The van der Waals surface area contributed by atoms with Gasteiger partial charge in [-0.2, -0.15) is 0 Å². The van der Waals surface area contributed by atoms with Crippen molar-refractivity contribution in [3.8, 4) is 0 Å². The lowest BCUT2D eigenvalue weighted by Gasteiger charge is -2.20. The molecule has 0 atom stereocenters. The van der Waals surface area contributed by atoms with Crippen molar-refractivity contribution >= 4 is 23.6 Å². The van der Waals surface area contributed by atoms with E-state index in [1.807, 2.05) is 20.8 Å². The van der Waals surface area contributed by atoms with Gasteiger partial charge in [0.1, 0.15) is 6.54 Å². The van der Waals surface area contributed by atoms with Crippen LogP contribution in [0.15, 0.2) is 0 Å². The molecule has 0 radical (unpaired) electrons. The number of esters is 1. The molecule has 0 aromatic heterocycles. The average Bonchev–Trinajstić information content (AvgIpc) is 2.12. The summed E-state index contributed by atoms with van der Waals surface area (Å²) in [6.45, 7) is 6.15. The molecule has 0 aliphatic rings. The summed E-state index contributed by atoms with van der Waals surface area (Å²) < 4.78 is 4.53. The molecule has 15 heavy (non-hydrogen) atoms. The molecule has 0 saturated carbocycles. The molecule has 0 aliphatic heterocycles. The second-order valence-electron chi connectivity index (χ2n) is 4.23. The molecule has 1 amide bonds. The number of methoxy groups -OCH3 is 1. The first kappa shape index (κ1) is 14.3. The number of carbonyl (C=O) groups excluding carboxylic acids is 2.